The van der Waals surface area contributed by atoms with Gasteiger partial charge in [0.1, 0.15) is 5.54 Å². The van der Waals surface area contributed by atoms with E-state index in [1.54, 1.807) is 0 Å². The number of nitriles is 1. The zero-order valence-electron chi connectivity index (χ0n) is 11.4. The normalized spacial score (nSPS) is 15.5. The summed E-state index contributed by atoms with van der Waals surface area (Å²) in [4.78, 5) is 0. The van der Waals surface area contributed by atoms with E-state index >= 15 is 0 Å². The minimum atomic E-state index is -0.408. The molecule has 0 aliphatic heterocycles. The van der Waals surface area contributed by atoms with E-state index in [1.165, 1.54) is 0 Å². The quantitative estimate of drug-likeness (QED) is 0.647. The topological polar surface area (TPSA) is 45.0 Å². The highest BCUT2D eigenvalue weighted by molar-refractivity contribution is 5.03. The van der Waals surface area contributed by atoms with Crippen LogP contribution in [0.25, 0.3) is 0 Å². The van der Waals surface area contributed by atoms with Crippen LogP contribution < -0.4 is 5.32 Å². The standard InChI is InChI=1S/C13H26N2O/c1-6-12(3,4)16-10-8-9-13(5,11-14)15-7-2/h15H,6-10H2,1-5H3. The first-order valence-electron chi connectivity index (χ1n) is 6.19. The van der Waals surface area contributed by atoms with Gasteiger partial charge in [0, 0.05) is 6.61 Å². The van der Waals surface area contributed by atoms with Gasteiger partial charge in [-0.1, -0.05) is 13.8 Å². The predicted octanol–water partition coefficient (Wildman–Crippen LogP) is 2.86. The average Bonchev–Trinajstić information content (AvgIpc) is 2.25. The van der Waals surface area contributed by atoms with Crippen LogP contribution in [0.3, 0.4) is 0 Å². The van der Waals surface area contributed by atoms with Crippen molar-refractivity contribution in [3.8, 4) is 6.07 Å². The van der Waals surface area contributed by atoms with Crippen molar-refractivity contribution >= 4 is 0 Å². The summed E-state index contributed by atoms with van der Waals surface area (Å²) in [5.74, 6) is 0. The van der Waals surface area contributed by atoms with Gasteiger partial charge in [-0.05, 0) is 46.6 Å². The SMILES string of the molecule is CCNC(C)(C#N)CCCOC(C)(C)CC. The van der Waals surface area contributed by atoms with E-state index in [-0.39, 0.29) is 5.60 Å². The molecule has 3 heteroatoms. The zero-order valence-corrected chi connectivity index (χ0v) is 11.4. The van der Waals surface area contributed by atoms with Gasteiger partial charge in [0.05, 0.1) is 11.7 Å². The van der Waals surface area contributed by atoms with Gasteiger partial charge in [-0.2, -0.15) is 5.26 Å². The van der Waals surface area contributed by atoms with Crippen LogP contribution in [0.1, 0.15) is 53.9 Å². The molecule has 0 saturated carbocycles. The van der Waals surface area contributed by atoms with Crippen molar-refractivity contribution in [2.45, 2.75) is 65.0 Å². The molecular weight excluding hydrogens is 200 g/mol. The van der Waals surface area contributed by atoms with E-state index < -0.39 is 5.54 Å². The summed E-state index contributed by atoms with van der Waals surface area (Å²) >= 11 is 0. The third-order valence-corrected chi connectivity index (χ3v) is 2.98. The monoisotopic (exact) mass is 226 g/mol. The molecule has 1 atom stereocenters. The maximum Gasteiger partial charge on any atom is 0.104 e. The zero-order chi connectivity index (χ0) is 12.7. The molecule has 1 N–H and O–H groups in total. The Labute approximate surface area is 100 Å². The van der Waals surface area contributed by atoms with E-state index in [0.29, 0.717) is 0 Å². The fourth-order valence-corrected chi connectivity index (χ4v) is 1.45. The van der Waals surface area contributed by atoms with Crippen LogP contribution in [-0.2, 0) is 4.74 Å². The van der Waals surface area contributed by atoms with Gasteiger partial charge in [0.25, 0.3) is 0 Å². The van der Waals surface area contributed by atoms with Gasteiger partial charge < -0.3 is 4.74 Å². The largest absolute Gasteiger partial charge is 0.376 e. The van der Waals surface area contributed by atoms with Crippen LogP contribution in [-0.4, -0.2) is 24.3 Å². The Morgan fingerprint density at radius 1 is 1.25 bits per heavy atom. The Bertz CT molecular complexity index is 233. The molecular formula is C13H26N2O. The van der Waals surface area contributed by atoms with Crippen LogP contribution in [0.4, 0.5) is 0 Å². The molecule has 0 aliphatic rings. The maximum absolute atomic E-state index is 9.07. The number of rotatable bonds is 8. The lowest BCUT2D eigenvalue weighted by molar-refractivity contribution is -0.0227. The molecule has 94 valence electrons. The van der Waals surface area contributed by atoms with Gasteiger partial charge in [0.2, 0.25) is 0 Å². The summed E-state index contributed by atoms with van der Waals surface area (Å²) in [6.07, 6.45) is 2.76. The molecule has 3 nitrogen and oxygen atoms in total. The number of nitrogens with one attached hydrogen (secondary N) is 1. The van der Waals surface area contributed by atoms with Crippen molar-refractivity contribution in [3.05, 3.63) is 0 Å². The Morgan fingerprint density at radius 2 is 1.88 bits per heavy atom. The van der Waals surface area contributed by atoms with Crippen LogP contribution in [0.15, 0.2) is 0 Å². The summed E-state index contributed by atoms with van der Waals surface area (Å²) < 4.78 is 5.76. The molecule has 0 rings (SSSR count). The highest BCUT2D eigenvalue weighted by Crippen LogP contribution is 2.16. The number of hydrogen-bond donors (Lipinski definition) is 1. The van der Waals surface area contributed by atoms with Gasteiger partial charge in [-0.15, -0.1) is 0 Å². The van der Waals surface area contributed by atoms with Crippen molar-refractivity contribution in [2.24, 2.45) is 0 Å². The number of ether oxygens (including phenoxy) is 1. The van der Waals surface area contributed by atoms with E-state index in [1.807, 2.05) is 13.8 Å². The smallest absolute Gasteiger partial charge is 0.104 e. The highest BCUT2D eigenvalue weighted by atomic mass is 16.5. The first-order valence-corrected chi connectivity index (χ1v) is 6.19. The molecule has 0 aromatic carbocycles. The molecule has 1 unspecified atom stereocenters. The highest BCUT2D eigenvalue weighted by Gasteiger charge is 2.22. The van der Waals surface area contributed by atoms with E-state index in [2.05, 4.69) is 32.2 Å². The van der Waals surface area contributed by atoms with Crippen molar-refractivity contribution in [3.63, 3.8) is 0 Å². The minimum Gasteiger partial charge on any atom is -0.376 e. The Hall–Kier alpha value is -0.590. The lowest BCUT2D eigenvalue weighted by atomic mass is 9.98. The van der Waals surface area contributed by atoms with Crippen molar-refractivity contribution in [2.75, 3.05) is 13.2 Å². The Balaban J connectivity index is 3.85. The molecule has 0 spiro atoms. The molecule has 0 fully saturated rings. The fraction of sp³-hybridized carbons (Fsp3) is 0.923. The molecule has 0 heterocycles. The second kappa shape index (κ2) is 6.88. The third-order valence-electron chi connectivity index (χ3n) is 2.98. The summed E-state index contributed by atoms with van der Waals surface area (Å²) in [7, 11) is 0. The lowest BCUT2D eigenvalue weighted by Crippen LogP contribution is -2.41. The van der Waals surface area contributed by atoms with Gasteiger partial charge in [-0.25, -0.2) is 0 Å². The third kappa shape index (κ3) is 6.09. The summed E-state index contributed by atoms with van der Waals surface area (Å²) in [6.45, 7) is 11.8. The second-order valence-corrected chi connectivity index (χ2v) is 5.04. The van der Waals surface area contributed by atoms with Crippen molar-refractivity contribution < 1.29 is 4.74 Å². The molecule has 0 bridgehead atoms. The molecule has 16 heavy (non-hydrogen) atoms. The predicted molar refractivity (Wildman–Crippen MR) is 67.3 cm³/mol. The van der Waals surface area contributed by atoms with Gasteiger partial charge in [-0.3, -0.25) is 5.32 Å². The van der Waals surface area contributed by atoms with E-state index in [4.69, 9.17) is 10.00 Å². The summed E-state index contributed by atoms with van der Waals surface area (Å²) in [5.41, 5.74) is -0.449. The van der Waals surface area contributed by atoms with Crippen molar-refractivity contribution in [1.29, 1.82) is 5.26 Å². The van der Waals surface area contributed by atoms with E-state index in [0.717, 1.165) is 32.4 Å². The molecule has 0 radical (unpaired) electrons. The van der Waals surface area contributed by atoms with Crippen LogP contribution in [0, 0.1) is 11.3 Å². The van der Waals surface area contributed by atoms with Crippen molar-refractivity contribution in [1.82, 2.24) is 5.32 Å². The summed E-state index contributed by atoms with van der Waals surface area (Å²) in [6, 6.07) is 2.32. The maximum atomic E-state index is 9.07. The first-order chi connectivity index (χ1) is 7.39. The fourth-order valence-electron chi connectivity index (χ4n) is 1.45. The molecule has 0 aromatic rings. The van der Waals surface area contributed by atoms with Gasteiger partial charge in [0.15, 0.2) is 0 Å². The average molecular weight is 226 g/mol. The van der Waals surface area contributed by atoms with E-state index in [9.17, 15) is 0 Å². The molecule has 0 amide bonds. The molecule has 0 aromatic heterocycles. The molecule has 0 saturated heterocycles. The molecule has 0 aliphatic carbocycles. The van der Waals surface area contributed by atoms with Crippen LogP contribution >= 0.6 is 0 Å². The Morgan fingerprint density at radius 3 is 2.31 bits per heavy atom. The second-order valence-electron chi connectivity index (χ2n) is 5.04. The summed E-state index contributed by atoms with van der Waals surface area (Å²) in [5, 5.41) is 12.3. The van der Waals surface area contributed by atoms with Gasteiger partial charge >= 0.3 is 0 Å². The van der Waals surface area contributed by atoms with Crippen LogP contribution in [0.5, 0.6) is 0 Å². The first kappa shape index (κ1) is 15.4. The van der Waals surface area contributed by atoms with Crippen LogP contribution in [0.2, 0.25) is 0 Å². The Kier molecular flexibility index (Phi) is 6.62. The number of nitrogens with zero attached hydrogens (tertiary/aromatic N) is 1. The number of hydrogen-bond acceptors (Lipinski definition) is 3. The lowest BCUT2D eigenvalue weighted by Gasteiger charge is -2.26. The minimum absolute atomic E-state index is 0.0404.